The van der Waals surface area contributed by atoms with Gasteiger partial charge in [-0.3, -0.25) is 0 Å². The second-order valence-corrected chi connectivity index (χ2v) is 4.81. The van der Waals surface area contributed by atoms with Crippen molar-refractivity contribution < 1.29 is 18.6 Å². The van der Waals surface area contributed by atoms with Crippen LogP contribution in [0.3, 0.4) is 0 Å². The van der Waals surface area contributed by atoms with Gasteiger partial charge in [0.1, 0.15) is 5.75 Å². The average molecular weight is 324 g/mol. The lowest BCUT2D eigenvalue weighted by Gasteiger charge is -2.10. The molecule has 3 nitrogen and oxygen atoms in total. The van der Waals surface area contributed by atoms with Crippen molar-refractivity contribution in [2.24, 2.45) is 0 Å². The standard InChI is InChI=1S/C12H16BrF2NO2/c1-8(17)4-5-16-7-9-2-3-11(10(13)6-9)18-12(14)15/h2-3,6,8,12,16-17H,4-5,7H2,1H3. The highest BCUT2D eigenvalue weighted by atomic mass is 79.9. The molecular weight excluding hydrogens is 308 g/mol. The number of rotatable bonds is 7. The lowest BCUT2D eigenvalue weighted by Crippen LogP contribution is -2.18. The van der Waals surface area contributed by atoms with Crippen LogP contribution in [0.4, 0.5) is 8.78 Å². The van der Waals surface area contributed by atoms with Crippen molar-refractivity contribution >= 4 is 15.9 Å². The van der Waals surface area contributed by atoms with Crippen LogP contribution in [-0.2, 0) is 6.54 Å². The van der Waals surface area contributed by atoms with Crippen LogP contribution in [0.15, 0.2) is 22.7 Å². The van der Waals surface area contributed by atoms with Gasteiger partial charge >= 0.3 is 6.61 Å². The van der Waals surface area contributed by atoms with E-state index < -0.39 is 6.61 Å². The van der Waals surface area contributed by atoms with Crippen LogP contribution in [0.2, 0.25) is 0 Å². The Balaban J connectivity index is 2.46. The molecule has 1 unspecified atom stereocenters. The van der Waals surface area contributed by atoms with E-state index in [-0.39, 0.29) is 11.9 Å². The van der Waals surface area contributed by atoms with Crippen molar-refractivity contribution in [3.05, 3.63) is 28.2 Å². The lowest BCUT2D eigenvalue weighted by molar-refractivity contribution is -0.0503. The Morgan fingerprint density at radius 3 is 2.72 bits per heavy atom. The molecule has 1 atom stereocenters. The monoisotopic (exact) mass is 323 g/mol. The first-order valence-electron chi connectivity index (χ1n) is 5.61. The van der Waals surface area contributed by atoms with Crippen LogP contribution >= 0.6 is 15.9 Å². The molecule has 0 aromatic heterocycles. The molecule has 6 heteroatoms. The molecule has 18 heavy (non-hydrogen) atoms. The minimum atomic E-state index is -2.82. The van der Waals surface area contributed by atoms with Crippen LogP contribution in [0, 0.1) is 0 Å². The summed E-state index contributed by atoms with van der Waals surface area (Å²) in [6.45, 7) is 0.218. The maximum Gasteiger partial charge on any atom is 0.387 e. The highest BCUT2D eigenvalue weighted by Gasteiger charge is 2.08. The Hall–Kier alpha value is -0.720. The summed E-state index contributed by atoms with van der Waals surface area (Å²) < 4.78 is 28.9. The van der Waals surface area contributed by atoms with Gasteiger partial charge in [-0.2, -0.15) is 8.78 Å². The number of benzene rings is 1. The van der Waals surface area contributed by atoms with E-state index in [1.165, 1.54) is 6.07 Å². The minimum absolute atomic E-state index is 0.123. The van der Waals surface area contributed by atoms with Crippen LogP contribution < -0.4 is 10.1 Å². The van der Waals surface area contributed by atoms with Gasteiger partial charge in [-0.15, -0.1) is 0 Å². The lowest BCUT2D eigenvalue weighted by atomic mass is 10.2. The maximum atomic E-state index is 12.0. The minimum Gasteiger partial charge on any atom is -0.434 e. The van der Waals surface area contributed by atoms with Crippen molar-refractivity contribution in [1.29, 1.82) is 0 Å². The molecule has 0 aliphatic rings. The van der Waals surface area contributed by atoms with Gasteiger partial charge in [0.2, 0.25) is 0 Å². The third-order valence-electron chi connectivity index (χ3n) is 2.28. The number of aliphatic hydroxyl groups excluding tert-OH is 1. The number of alkyl halides is 2. The zero-order valence-electron chi connectivity index (χ0n) is 10.00. The smallest absolute Gasteiger partial charge is 0.387 e. The van der Waals surface area contributed by atoms with E-state index in [1.807, 2.05) is 0 Å². The van der Waals surface area contributed by atoms with Crippen LogP contribution in [-0.4, -0.2) is 24.4 Å². The van der Waals surface area contributed by atoms with Gasteiger partial charge in [-0.05, 0) is 53.5 Å². The fourth-order valence-corrected chi connectivity index (χ4v) is 1.91. The first kappa shape index (κ1) is 15.3. The first-order valence-corrected chi connectivity index (χ1v) is 6.40. The summed E-state index contributed by atoms with van der Waals surface area (Å²) in [4.78, 5) is 0. The number of nitrogens with one attached hydrogen (secondary N) is 1. The van der Waals surface area contributed by atoms with Crippen LogP contribution in [0.5, 0.6) is 5.75 Å². The summed E-state index contributed by atoms with van der Waals surface area (Å²) in [5.74, 6) is 0.123. The molecule has 0 spiro atoms. The highest BCUT2D eigenvalue weighted by Crippen LogP contribution is 2.27. The molecule has 1 aromatic rings. The molecule has 2 N–H and O–H groups in total. The fraction of sp³-hybridized carbons (Fsp3) is 0.500. The predicted octanol–water partition coefficient (Wildman–Crippen LogP) is 2.91. The van der Waals surface area contributed by atoms with Crippen molar-refractivity contribution in [3.63, 3.8) is 0 Å². The predicted molar refractivity (Wildman–Crippen MR) is 68.8 cm³/mol. The van der Waals surface area contributed by atoms with E-state index >= 15 is 0 Å². The Labute approximate surface area is 113 Å². The second kappa shape index (κ2) is 7.66. The number of hydrogen-bond acceptors (Lipinski definition) is 3. The molecule has 0 saturated carbocycles. The zero-order chi connectivity index (χ0) is 13.5. The molecule has 0 bridgehead atoms. The molecule has 0 heterocycles. The zero-order valence-corrected chi connectivity index (χ0v) is 11.6. The number of ether oxygens (including phenoxy) is 1. The molecule has 102 valence electrons. The molecule has 0 saturated heterocycles. The van der Waals surface area contributed by atoms with Gasteiger partial charge in [0, 0.05) is 6.54 Å². The summed E-state index contributed by atoms with van der Waals surface area (Å²) in [6.07, 6.45) is 0.347. The summed E-state index contributed by atoms with van der Waals surface area (Å²) in [7, 11) is 0. The van der Waals surface area contributed by atoms with Crippen molar-refractivity contribution in [3.8, 4) is 5.75 Å². The largest absolute Gasteiger partial charge is 0.434 e. The Morgan fingerprint density at radius 1 is 1.44 bits per heavy atom. The second-order valence-electron chi connectivity index (χ2n) is 3.96. The highest BCUT2D eigenvalue weighted by molar-refractivity contribution is 9.10. The Morgan fingerprint density at radius 2 is 2.17 bits per heavy atom. The van der Waals surface area contributed by atoms with Gasteiger partial charge in [-0.25, -0.2) is 0 Å². The summed E-state index contributed by atoms with van der Waals surface area (Å²) in [5, 5.41) is 12.2. The van der Waals surface area contributed by atoms with Gasteiger partial charge in [0.15, 0.2) is 0 Å². The number of halogens is 3. The summed E-state index contributed by atoms with van der Waals surface area (Å²) >= 11 is 3.18. The topological polar surface area (TPSA) is 41.5 Å². The van der Waals surface area contributed by atoms with Gasteiger partial charge < -0.3 is 15.2 Å². The number of hydrogen-bond donors (Lipinski definition) is 2. The van der Waals surface area contributed by atoms with Crippen molar-refractivity contribution in [2.75, 3.05) is 6.54 Å². The van der Waals surface area contributed by atoms with E-state index in [9.17, 15) is 8.78 Å². The fourth-order valence-electron chi connectivity index (χ4n) is 1.39. The van der Waals surface area contributed by atoms with Gasteiger partial charge in [0.05, 0.1) is 10.6 Å². The molecule has 0 fully saturated rings. The molecule has 1 aromatic carbocycles. The van der Waals surface area contributed by atoms with E-state index in [1.54, 1.807) is 19.1 Å². The quantitative estimate of drug-likeness (QED) is 0.758. The first-order chi connectivity index (χ1) is 8.49. The summed E-state index contributed by atoms with van der Waals surface area (Å²) in [6, 6.07) is 4.95. The van der Waals surface area contributed by atoms with Gasteiger partial charge in [-0.1, -0.05) is 6.07 Å². The van der Waals surface area contributed by atoms with E-state index in [0.717, 1.165) is 5.56 Å². The SMILES string of the molecule is CC(O)CCNCc1ccc(OC(F)F)c(Br)c1. The normalized spacial score (nSPS) is 12.8. The Kier molecular flexibility index (Phi) is 6.52. The van der Waals surface area contributed by atoms with E-state index in [2.05, 4.69) is 26.0 Å². The van der Waals surface area contributed by atoms with E-state index in [0.29, 0.717) is 24.0 Å². The van der Waals surface area contributed by atoms with E-state index in [4.69, 9.17) is 5.11 Å². The third-order valence-corrected chi connectivity index (χ3v) is 2.90. The summed E-state index contributed by atoms with van der Waals surface area (Å²) in [5.41, 5.74) is 0.953. The average Bonchev–Trinajstić information content (AvgIpc) is 2.27. The van der Waals surface area contributed by atoms with Crippen molar-refractivity contribution in [2.45, 2.75) is 32.6 Å². The molecule has 0 radical (unpaired) electrons. The molecule has 1 rings (SSSR count). The van der Waals surface area contributed by atoms with Crippen LogP contribution in [0.25, 0.3) is 0 Å². The molecule has 0 aliphatic heterocycles. The third kappa shape index (κ3) is 5.75. The van der Waals surface area contributed by atoms with Gasteiger partial charge in [0.25, 0.3) is 0 Å². The maximum absolute atomic E-state index is 12.0. The molecular formula is C12H16BrF2NO2. The van der Waals surface area contributed by atoms with Crippen LogP contribution in [0.1, 0.15) is 18.9 Å². The number of aliphatic hydroxyl groups is 1. The van der Waals surface area contributed by atoms with Crippen molar-refractivity contribution in [1.82, 2.24) is 5.32 Å². The molecule has 0 aliphatic carbocycles. The molecule has 0 amide bonds. The Bertz CT molecular complexity index is 375.